The summed E-state index contributed by atoms with van der Waals surface area (Å²) < 4.78 is 11.8. The highest BCUT2D eigenvalue weighted by Crippen LogP contribution is 2.30. The molecule has 1 amide bonds. The number of fused-ring (bicyclic) bond motifs is 1. The molecule has 2 aromatic rings. The van der Waals surface area contributed by atoms with E-state index in [2.05, 4.69) is 32.1 Å². The Kier molecular flexibility index (Phi) is 5.01. The van der Waals surface area contributed by atoms with E-state index in [1.165, 1.54) is 28.1 Å². The predicted octanol–water partition coefficient (Wildman–Crippen LogP) is 0.970. The molecule has 1 aromatic carbocycles. The monoisotopic (exact) mass is 348 g/mol. The molecule has 0 spiro atoms. The number of quaternary nitrogens is 1. The first kappa shape index (κ1) is 16.7. The molecule has 0 fully saturated rings. The molecular weight excluding hydrogens is 326 g/mol. The summed E-state index contributed by atoms with van der Waals surface area (Å²) in [6, 6.07) is 6.11. The van der Waals surface area contributed by atoms with Crippen LogP contribution in [0.2, 0.25) is 0 Å². The van der Waals surface area contributed by atoms with E-state index in [0.29, 0.717) is 24.9 Å². The van der Waals surface area contributed by atoms with Crippen molar-refractivity contribution in [1.29, 1.82) is 0 Å². The number of likely N-dealkylation sites (N-methyl/N-ethyl adjacent to an activating group) is 1. The first-order valence-electron chi connectivity index (χ1n) is 7.97. The van der Waals surface area contributed by atoms with Gasteiger partial charge in [0.05, 0.1) is 37.4 Å². The van der Waals surface area contributed by atoms with Crippen LogP contribution in [0, 0.1) is 6.92 Å². The normalized spacial score (nSPS) is 14.2. The lowest BCUT2D eigenvalue weighted by Gasteiger charge is -2.23. The lowest BCUT2D eigenvalue weighted by molar-refractivity contribution is -0.856. The Bertz CT molecular complexity index is 770. The summed E-state index contributed by atoms with van der Waals surface area (Å²) in [5.41, 5.74) is 2.09. The van der Waals surface area contributed by atoms with E-state index in [0.717, 1.165) is 16.8 Å². The van der Waals surface area contributed by atoms with Gasteiger partial charge in [0.25, 0.3) is 5.91 Å². The Balaban J connectivity index is 1.92. The Morgan fingerprint density at radius 3 is 2.92 bits per heavy atom. The number of carbonyl (C=O) groups is 1. The van der Waals surface area contributed by atoms with E-state index in [1.54, 1.807) is 4.90 Å². The molecule has 128 valence electrons. The van der Waals surface area contributed by atoms with Crippen LogP contribution in [-0.4, -0.2) is 51.3 Å². The number of anilines is 1. The summed E-state index contributed by atoms with van der Waals surface area (Å²) in [6.07, 6.45) is 1.40. The highest BCUT2D eigenvalue weighted by Gasteiger charge is 2.26. The van der Waals surface area contributed by atoms with E-state index in [9.17, 15) is 4.79 Å². The second kappa shape index (κ2) is 7.19. The summed E-state index contributed by atoms with van der Waals surface area (Å²) >= 11 is 1.52. The zero-order valence-electron chi connectivity index (χ0n) is 14.2. The van der Waals surface area contributed by atoms with E-state index in [-0.39, 0.29) is 11.7 Å². The van der Waals surface area contributed by atoms with Gasteiger partial charge < -0.3 is 14.4 Å². The number of benzene rings is 1. The van der Waals surface area contributed by atoms with Crippen molar-refractivity contribution in [3.05, 3.63) is 35.8 Å². The van der Waals surface area contributed by atoms with Gasteiger partial charge in [-0.1, -0.05) is 17.4 Å². The third-order valence-electron chi connectivity index (χ3n) is 3.70. The molecule has 0 atom stereocenters. The van der Waals surface area contributed by atoms with Crippen LogP contribution in [-0.2, 0) is 14.3 Å². The first-order valence-corrected chi connectivity index (χ1v) is 8.79. The number of aryl methyl sites for hydroxylation is 1. The minimum absolute atomic E-state index is 0.202. The highest BCUT2D eigenvalue weighted by atomic mass is 32.1. The van der Waals surface area contributed by atoms with Gasteiger partial charge in [0.15, 0.2) is 5.13 Å². The number of ether oxygens (including phenoxy) is 2. The predicted molar refractivity (Wildman–Crippen MR) is 94.4 cm³/mol. The third kappa shape index (κ3) is 3.68. The standard InChI is InChI=1S/C17H21N3O3S/c1-12-4-5-13-15(10-12)24-17(18-13)20(7-6-19(2)3)16(21)14-11-22-8-9-23-14/h4-5,10-11H,6-9H2,1-3H3/p+1. The van der Waals surface area contributed by atoms with Crippen LogP contribution in [0.1, 0.15) is 5.56 Å². The second-order valence-corrected chi connectivity index (χ2v) is 7.09. The summed E-state index contributed by atoms with van der Waals surface area (Å²) in [6.45, 7) is 4.30. The molecule has 7 heteroatoms. The minimum atomic E-state index is -0.202. The molecule has 24 heavy (non-hydrogen) atoms. The lowest BCUT2D eigenvalue weighted by Crippen LogP contribution is -3.06. The van der Waals surface area contributed by atoms with Gasteiger partial charge in [0, 0.05) is 0 Å². The number of hydrogen-bond acceptors (Lipinski definition) is 5. The van der Waals surface area contributed by atoms with Gasteiger partial charge >= 0.3 is 0 Å². The quantitative estimate of drug-likeness (QED) is 0.875. The fourth-order valence-electron chi connectivity index (χ4n) is 2.37. The molecule has 0 unspecified atom stereocenters. The van der Waals surface area contributed by atoms with E-state index in [4.69, 9.17) is 9.47 Å². The van der Waals surface area contributed by atoms with Crippen molar-refractivity contribution in [3.8, 4) is 0 Å². The molecule has 3 rings (SSSR count). The Morgan fingerprint density at radius 2 is 2.21 bits per heavy atom. The highest BCUT2D eigenvalue weighted by molar-refractivity contribution is 7.22. The first-order chi connectivity index (χ1) is 11.5. The van der Waals surface area contributed by atoms with Crippen LogP contribution >= 0.6 is 11.3 Å². The maximum Gasteiger partial charge on any atom is 0.298 e. The van der Waals surface area contributed by atoms with Crippen molar-refractivity contribution in [3.63, 3.8) is 0 Å². The number of nitrogens with zero attached hydrogens (tertiary/aromatic N) is 2. The summed E-state index contributed by atoms with van der Waals surface area (Å²) in [5.74, 6) is 0.0390. The molecule has 0 aliphatic carbocycles. The van der Waals surface area contributed by atoms with Crippen molar-refractivity contribution in [2.45, 2.75) is 6.92 Å². The van der Waals surface area contributed by atoms with Crippen LogP contribution in [0.5, 0.6) is 0 Å². The van der Waals surface area contributed by atoms with Crippen molar-refractivity contribution in [2.24, 2.45) is 0 Å². The van der Waals surface area contributed by atoms with Crippen LogP contribution in [0.15, 0.2) is 30.2 Å². The summed E-state index contributed by atoms with van der Waals surface area (Å²) in [4.78, 5) is 20.5. The van der Waals surface area contributed by atoms with E-state index in [1.807, 2.05) is 12.1 Å². The minimum Gasteiger partial charge on any atom is -0.494 e. The van der Waals surface area contributed by atoms with Crippen molar-refractivity contribution < 1.29 is 19.2 Å². The number of aromatic nitrogens is 1. The van der Waals surface area contributed by atoms with Gasteiger partial charge in [-0.25, -0.2) is 4.98 Å². The molecule has 2 heterocycles. The molecule has 0 radical (unpaired) electrons. The van der Waals surface area contributed by atoms with Gasteiger partial charge in [-0.2, -0.15) is 0 Å². The van der Waals surface area contributed by atoms with Gasteiger partial charge in [-0.3, -0.25) is 9.69 Å². The Labute approximate surface area is 145 Å². The van der Waals surface area contributed by atoms with Crippen molar-refractivity contribution >= 4 is 32.6 Å². The van der Waals surface area contributed by atoms with Gasteiger partial charge in [0.1, 0.15) is 19.5 Å². The fraction of sp³-hybridized carbons (Fsp3) is 0.412. The smallest absolute Gasteiger partial charge is 0.298 e. The van der Waals surface area contributed by atoms with E-state index >= 15 is 0 Å². The zero-order chi connectivity index (χ0) is 17.1. The molecule has 1 aliphatic heterocycles. The average Bonchev–Trinajstić information content (AvgIpc) is 2.98. The van der Waals surface area contributed by atoms with Crippen LogP contribution in [0.25, 0.3) is 10.2 Å². The third-order valence-corrected chi connectivity index (χ3v) is 4.75. The SMILES string of the molecule is Cc1ccc2nc(N(CC[NH+](C)C)C(=O)C3=COCCO3)sc2c1. The van der Waals surface area contributed by atoms with Gasteiger partial charge in [0.2, 0.25) is 5.76 Å². The number of rotatable bonds is 5. The molecule has 1 N–H and O–H groups in total. The number of nitrogens with one attached hydrogen (secondary N) is 1. The van der Waals surface area contributed by atoms with E-state index < -0.39 is 0 Å². The second-order valence-electron chi connectivity index (χ2n) is 6.08. The number of amides is 1. The van der Waals surface area contributed by atoms with Gasteiger partial charge in [-0.05, 0) is 24.6 Å². The summed E-state index contributed by atoms with van der Waals surface area (Å²) in [5, 5.41) is 0.692. The lowest BCUT2D eigenvalue weighted by atomic mass is 10.2. The molecule has 1 aromatic heterocycles. The molecule has 0 saturated carbocycles. The molecule has 6 nitrogen and oxygen atoms in total. The summed E-state index contributed by atoms with van der Waals surface area (Å²) in [7, 11) is 4.12. The maximum atomic E-state index is 12.9. The molecule has 1 aliphatic rings. The fourth-order valence-corrected chi connectivity index (χ4v) is 3.46. The molecule has 0 bridgehead atoms. The number of hydrogen-bond donors (Lipinski definition) is 1. The van der Waals surface area contributed by atoms with Crippen LogP contribution < -0.4 is 9.80 Å². The van der Waals surface area contributed by atoms with Crippen molar-refractivity contribution in [2.75, 3.05) is 45.3 Å². The Morgan fingerprint density at radius 1 is 1.38 bits per heavy atom. The Hall–Kier alpha value is -2.12. The van der Waals surface area contributed by atoms with Crippen molar-refractivity contribution in [1.82, 2.24) is 4.98 Å². The number of thiazole rings is 1. The average molecular weight is 348 g/mol. The van der Waals surface area contributed by atoms with Crippen LogP contribution in [0.4, 0.5) is 5.13 Å². The van der Waals surface area contributed by atoms with Crippen LogP contribution in [0.3, 0.4) is 0 Å². The largest absolute Gasteiger partial charge is 0.494 e. The molecular formula is C17H22N3O3S+. The number of carbonyl (C=O) groups excluding carboxylic acids is 1. The topological polar surface area (TPSA) is 56.1 Å². The van der Waals surface area contributed by atoms with Gasteiger partial charge in [-0.15, -0.1) is 0 Å². The zero-order valence-corrected chi connectivity index (χ0v) is 15.0. The molecule has 0 saturated heterocycles. The maximum absolute atomic E-state index is 12.9.